The molecular weight excluding hydrogens is 490 g/mol. The first-order chi connectivity index (χ1) is 14.9. The molecule has 32 heavy (non-hydrogen) atoms. The molecule has 0 N–H and O–H groups in total. The van der Waals surface area contributed by atoms with Gasteiger partial charge in [-0.3, -0.25) is 0 Å². The predicted octanol–water partition coefficient (Wildman–Crippen LogP) is 6.66. The Labute approximate surface area is 207 Å². The van der Waals surface area contributed by atoms with E-state index in [4.69, 9.17) is 0 Å². The summed E-state index contributed by atoms with van der Waals surface area (Å²) in [6, 6.07) is 17.9. The van der Waals surface area contributed by atoms with Crippen LogP contribution in [0.1, 0.15) is 16.7 Å². The van der Waals surface area contributed by atoms with Gasteiger partial charge in [0.25, 0.3) is 0 Å². The number of hydrogen-bond donors (Lipinski definition) is 0. The molecule has 0 saturated heterocycles. The quantitative estimate of drug-likeness (QED) is 0.286. The Hall–Kier alpha value is -2.95. The number of allylic oxidation sites excluding steroid dienone is 1. The maximum Gasteiger partial charge on any atom is 0.416 e. The summed E-state index contributed by atoms with van der Waals surface area (Å²) in [5.74, 6) is 0. The van der Waals surface area contributed by atoms with Gasteiger partial charge in [-0.2, -0.15) is 30.8 Å². The fourth-order valence-electron chi connectivity index (χ4n) is 3.73. The fraction of sp³-hybridized carbons (Fsp3) is 0.0833. The van der Waals surface area contributed by atoms with Gasteiger partial charge in [0.15, 0.2) is 0 Å². The summed E-state index contributed by atoms with van der Waals surface area (Å²) in [5.41, 5.74) is 1.95. The largest absolute Gasteiger partial charge is 0.810 e. The van der Waals surface area contributed by atoms with Crippen molar-refractivity contribution in [2.24, 2.45) is 0 Å². The van der Waals surface area contributed by atoms with Crippen molar-refractivity contribution >= 4 is 33.6 Å². The normalized spacial score (nSPS) is 11.8. The second-order valence-corrected chi connectivity index (χ2v) is 6.90. The standard InChI is InChI=1S/C24H15F3N4.Y/c1-30-14-17(13-29)15-6-9-21(16(10-15)12-28)31-22-5-3-2-4-19(22)20-8-7-18(11-23(20)31)24(25,26)27;/h2-11,13-14H,1H3;/q-2;/b17-14+;. The first-order valence-electron chi connectivity index (χ1n) is 9.31. The number of nitriles is 1. The number of hydrogen-bond acceptors (Lipinski definition) is 1. The number of rotatable bonds is 4. The van der Waals surface area contributed by atoms with Crippen LogP contribution in [0.5, 0.6) is 0 Å². The van der Waals surface area contributed by atoms with Gasteiger partial charge in [-0.25, -0.2) is 0 Å². The van der Waals surface area contributed by atoms with E-state index in [1.807, 2.05) is 12.1 Å². The molecule has 1 radical (unpaired) electrons. The van der Waals surface area contributed by atoms with Crippen LogP contribution in [0.25, 0.3) is 43.8 Å². The van der Waals surface area contributed by atoms with E-state index in [1.165, 1.54) is 12.3 Å². The minimum atomic E-state index is -4.49. The molecule has 8 heteroatoms. The van der Waals surface area contributed by atoms with Gasteiger partial charge in [-0.1, -0.05) is 35.9 Å². The van der Waals surface area contributed by atoms with E-state index in [2.05, 4.69) is 11.4 Å². The van der Waals surface area contributed by atoms with E-state index in [-0.39, 0.29) is 38.3 Å². The second kappa shape index (κ2) is 9.27. The molecule has 4 rings (SSSR count). The van der Waals surface area contributed by atoms with Crippen LogP contribution in [0.4, 0.5) is 13.2 Å². The molecule has 0 fully saturated rings. The molecular formula is C24H15F3N4Y-2. The summed E-state index contributed by atoms with van der Waals surface area (Å²) < 4.78 is 41.9. The van der Waals surface area contributed by atoms with Crippen molar-refractivity contribution in [2.75, 3.05) is 7.05 Å². The number of alkyl halides is 3. The van der Waals surface area contributed by atoms with Crippen LogP contribution in [0, 0.1) is 11.3 Å². The molecule has 0 unspecified atom stereocenters. The van der Waals surface area contributed by atoms with Crippen LogP contribution in [0.2, 0.25) is 0 Å². The van der Waals surface area contributed by atoms with Crippen LogP contribution in [0.15, 0.2) is 66.9 Å². The van der Waals surface area contributed by atoms with Crippen molar-refractivity contribution in [1.82, 2.24) is 4.57 Å². The Kier molecular flexibility index (Phi) is 6.87. The van der Waals surface area contributed by atoms with Crippen molar-refractivity contribution < 1.29 is 45.9 Å². The third-order valence-corrected chi connectivity index (χ3v) is 5.10. The molecule has 0 amide bonds. The third-order valence-electron chi connectivity index (χ3n) is 5.10. The Morgan fingerprint density at radius 2 is 1.75 bits per heavy atom. The SMILES string of the molecule is C[N-]/C=C(\C=[N-])c1ccc(-n2c3ccccc3c3ccc(C(F)(F)F)cc32)c(C#N)c1.[Y]. The molecule has 3 aromatic carbocycles. The van der Waals surface area contributed by atoms with Crippen LogP contribution < -0.4 is 0 Å². The van der Waals surface area contributed by atoms with Crippen molar-refractivity contribution in [2.45, 2.75) is 6.18 Å². The number of nitrogens with zero attached hydrogens (tertiary/aromatic N) is 4. The van der Waals surface area contributed by atoms with Gasteiger partial charge in [-0.05, 0) is 35.9 Å². The van der Waals surface area contributed by atoms with Gasteiger partial charge >= 0.3 is 6.18 Å². The van der Waals surface area contributed by atoms with E-state index in [0.29, 0.717) is 33.2 Å². The van der Waals surface area contributed by atoms with Crippen LogP contribution in [-0.2, 0) is 38.9 Å². The molecule has 0 bridgehead atoms. The van der Waals surface area contributed by atoms with Crippen molar-refractivity contribution in [3.8, 4) is 11.8 Å². The van der Waals surface area contributed by atoms with Crippen molar-refractivity contribution in [3.05, 3.63) is 94.3 Å². The predicted molar refractivity (Wildman–Crippen MR) is 117 cm³/mol. The fourth-order valence-corrected chi connectivity index (χ4v) is 3.73. The van der Waals surface area contributed by atoms with E-state index in [9.17, 15) is 23.8 Å². The van der Waals surface area contributed by atoms with E-state index < -0.39 is 11.7 Å². The minimum absolute atomic E-state index is 0. The van der Waals surface area contributed by atoms with Gasteiger partial charge < -0.3 is 15.3 Å². The van der Waals surface area contributed by atoms with Gasteiger partial charge in [-0.15, -0.1) is 7.05 Å². The molecule has 0 saturated carbocycles. The summed E-state index contributed by atoms with van der Waals surface area (Å²) in [6.07, 6.45) is -2.15. The molecule has 4 nitrogen and oxygen atoms in total. The number of para-hydroxylation sites is 1. The third kappa shape index (κ3) is 4.08. The van der Waals surface area contributed by atoms with Gasteiger partial charge in [0.1, 0.15) is 6.07 Å². The maximum atomic E-state index is 13.4. The molecule has 0 aliphatic carbocycles. The first kappa shape index (κ1) is 23.7. The Morgan fingerprint density at radius 1 is 1.03 bits per heavy atom. The second-order valence-electron chi connectivity index (χ2n) is 6.90. The molecule has 4 aromatic rings. The van der Waals surface area contributed by atoms with Crippen molar-refractivity contribution in [1.29, 1.82) is 5.26 Å². The van der Waals surface area contributed by atoms with Gasteiger partial charge in [0.05, 0.1) is 27.8 Å². The summed E-state index contributed by atoms with van der Waals surface area (Å²) in [5, 5.41) is 24.6. The zero-order valence-corrected chi connectivity index (χ0v) is 19.8. The van der Waals surface area contributed by atoms with Crippen molar-refractivity contribution in [3.63, 3.8) is 0 Å². The van der Waals surface area contributed by atoms with E-state index in [0.717, 1.165) is 23.7 Å². The number of benzene rings is 3. The average Bonchev–Trinajstić information content (AvgIpc) is 3.10. The summed E-state index contributed by atoms with van der Waals surface area (Å²) in [4.78, 5) is 0. The summed E-state index contributed by atoms with van der Waals surface area (Å²) >= 11 is 0. The molecule has 1 heterocycles. The van der Waals surface area contributed by atoms with Crippen LogP contribution in [0.3, 0.4) is 0 Å². The topological polar surface area (TPSA) is 65.1 Å². The molecule has 1 aromatic heterocycles. The summed E-state index contributed by atoms with van der Waals surface area (Å²) in [7, 11) is 1.55. The zero-order valence-electron chi connectivity index (χ0n) is 16.9. The van der Waals surface area contributed by atoms with Crippen LogP contribution in [-0.4, -0.2) is 17.8 Å². The minimum Gasteiger partial charge on any atom is -0.810 e. The molecule has 0 atom stereocenters. The van der Waals surface area contributed by atoms with Crippen LogP contribution >= 0.6 is 0 Å². The van der Waals surface area contributed by atoms with E-state index >= 15 is 0 Å². The number of fused-ring (bicyclic) bond motifs is 3. The monoisotopic (exact) mass is 505 g/mol. The zero-order chi connectivity index (χ0) is 22.2. The Morgan fingerprint density at radius 3 is 2.41 bits per heavy atom. The molecule has 0 spiro atoms. The maximum absolute atomic E-state index is 13.4. The molecule has 157 valence electrons. The number of halogens is 3. The Balaban J connectivity index is 0.00000289. The first-order valence-corrected chi connectivity index (χ1v) is 9.31. The van der Waals surface area contributed by atoms with Gasteiger partial charge in [0.2, 0.25) is 0 Å². The average molecular weight is 505 g/mol. The smallest absolute Gasteiger partial charge is 0.416 e. The summed E-state index contributed by atoms with van der Waals surface area (Å²) in [6.45, 7) is 0. The van der Waals surface area contributed by atoms with Gasteiger partial charge in [0, 0.05) is 43.5 Å². The number of aromatic nitrogens is 1. The molecule has 0 aliphatic rings. The molecule has 0 aliphatic heterocycles. The Bertz CT molecular complexity index is 1390. The van der Waals surface area contributed by atoms with E-state index in [1.54, 1.807) is 41.9 Å².